The maximum Gasteiger partial charge on any atom is 0.195 e. The first kappa shape index (κ1) is 23.0. The zero-order chi connectivity index (χ0) is 22.9. The van der Waals surface area contributed by atoms with Crippen LogP contribution in [0.3, 0.4) is 0 Å². The second-order valence-corrected chi connectivity index (χ2v) is 11.2. The largest absolute Gasteiger partial charge is 0.204 e. The molecule has 2 aromatic rings. The summed E-state index contributed by atoms with van der Waals surface area (Å²) in [6.45, 7) is 3.88. The van der Waals surface area contributed by atoms with Crippen molar-refractivity contribution in [3.05, 3.63) is 59.9 Å². The molecule has 0 saturated heterocycles. The van der Waals surface area contributed by atoms with Crippen LogP contribution in [0.2, 0.25) is 0 Å². The number of hydrogen-bond acceptors (Lipinski definition) is 0. The average molecular weight is 455 g/mol. The molecule has 33 heavy (non-hydrogen) atoms. The fourth-order valence-electron chi connectivity index (χ4n) is 7.54. The van der Waals surface area contributed by atoms with Gasteiger partial charge in [0.2, 0.25) is 0 Å². The van der Waals surface area contributed by atoms with Gasteiger partial charge in [-0.25, -0.2) is 13.2 Å². The van der Waals surface area contributed by atoms with Crippen molar-refractivity contribution in [3.8, 4) is 0 Å². The molecule has 0 amide bonds. The van der Waals surface area contributed by atoms with Crippen molar-refractivity contribution in [3.63, 3.8) is 0 Å². The van der Waals surface area contributed by atoms with Crippen LogP contribution in [0, 0.1) is 47.0 Å². The zero-order valence-corrected chi connectivity index (χ0v) is 19.7. The van der Waals surface area contributed by atoms with Gasteiger partial charge in [0.25, 0.3) is 0 Å². The van der Waals surface area contributed by atoms with Gasteiger partial charge in [-0.05, 0) is 117 Å². The van der Waals surface area contributed by atoms with E-state index in [1.165, 1.54) is 70.6 Å². The highest BCUT2D eigenvalue weighted by molar-refractivity contribution is 5.84. The van der Waals surface area contributed by atoms with Gasteiger partial charge < -0.3 is 0 Å². The van der Waals surface area contributed by atoms with E-state index in [1.54, 1.807) is 6.07 Å². The van der Waals surface area contributed by atoms with Crippen molar-refractivity contribution in [1.82, 2.24) is 0 Å². The van der Waals surface area contributed by atoms with Crippen LogP contribution in [-0.2, 0) is 0 Å². The van der Waals surface area contributed by atoms with Gasteiger partial charge in [0.15, 0.2) is 17.5 Å². The molecule has 0 aromatic heterocycles. The Morgan fingerprint density at radius 2 is 1.42 bits per heavy atom. The molecule has 0 bridgehead atoms. The molecule has 4 atom stereocenters. The first-order valence-corrected chi connectivity index (χ1v) is 13.2. The Balaban J connectivity index is 1.19. The predicted octanol–water partition coefficient (Wildman–Crippen LogP) is 9.33. The summed E-state index contributed by atoms with van der Waals surface area (Å²) in [5, 5.41) is 0.643. The Kier molecular flexibility index (Phi) is 6.86. The first-order chi connectivity index (χ1) is 16.0. The zero-order valence-electron chi connectivity index (χ0n) is 19.7. The summed E-state index contributed by atoms with van der Waals surface area (Å²) in [4.78, 5) is 0. The summed E-state index contributed by atoms with van der Waals surface area (Å²) in [5.41, 5.74) is 1.16. The Morgan fingerprint density at radius 3 is 2.18 bits per heavy atom. The minimum absolute atomic E-state index is 0.172. The third kappa shape index (κ3) is 4.75. The molecule has 3 heteroatoms. The van der Waals surface area contributed by atoms with E-state index in [-0.39, 0.29) is 5.39 Å². The maximum absolute atomic E-state index is 14.1. The molecule has 0 N–H and O–H groups in total. The third-order valence-electron chi connectivity index (χ3n) is 9.46. The second-order valence-electron chi connectivity index (χ2n) is 11.2. The number of allylic oxidation sites excluding steroid dienone is 1. The molecule has 4 unspecified atom stereocenters. The Hall–Kier alpha value is -1.77. The lowest BCUT2D eigenvalue weighted by Gasteiger charge is -2.45. The Bertz CT molecular complexity index is 988. The van der Waals surface area contributed by atoms with Crippen LogP contribution >= 0.6 is 0 Å². The minimum Gasteiger partial charge on any atom is -0.204 e. The van der Waals surface area contributed by atoms with E-state index in [4.69, 9.17) is 0 Å². The van der Waals surface area contributed by atoms with Crippen LogP contribution in [0.1, 0.15) is 88.5 Å². The molecule has 2 aromatic carbocycles. The van der Waals surface area contributed by atoms with Crippen molar-refractivity contribution in [2.75, 3.05) is 0 Å². The molecule has 3 aliphatic rings. The SMILES string of the molecule is C=CCCC1CCC(C2CCC3CC(c4ccc5c(F)c(F)c(F)cc5c4)CCC3C2)CC1. The molecular weight excluding hydrogens is 417 g/mol. The lowest BCUT2D eigenvalue weighted by atomic mass is 9.60. The molecule has 0 spiro atoms. The second kappa shape index (κ2) is 9.84. The predicted molar refractivity (Wildman–Crippen MR) is 130 cm³/mol. The van der Waals surface area contributed by atoms with Crippen LogP contribution in [0.25, 0.3) is 10.8 Å². The number of benzene rings is 2. The number of halogens is 3. The highest BCUT2D eigenvalue weighted by Crippen LogP contribution is 2.51. The van der Waals surface area contributed by atoms with Crippen LogP contribution in [0.4, 0.5) is 13.2 Å². The lowest BCUT2D eigenvalue weighted by molar-refractivity contribution is 0.0713. The summed E-state index contributed by atoms with van der Waals surface area (Å²) < 4.78 is 41.4. The van der Waals surface area contributed by atoms with Crippen molar-refractivity contribution in [2.24, 2.45) is 29.6 Å². The van der Waals surface area contributed by atoms with Gasteiger partial charge in [-0.1, -0.05) is 37.1 Å². The van der Waals surface area contributed by atoms with Crippen LogP contribution < -0.4 is 0 Å². The highest BCUT2D eigenvalue weighted by Gasteiger charge is 2.39. The van der Waals surface area contributed by atoms with Crippen LogP contribution in [0.15, 0.2) is 36.9 Å². The number of fused-ring (bicyclic) bond motifs is 2. The van der Waals surface area contributed by atoms with Gasteiger partial charge in [0, 0.05) is 5.39 Å². The van der Waals surface area contributed by atoms with Crippen LogP contribution in [-0.4, -0.2) is 0 Å². The van der Waals surface area contributed by atoms with Crippen molar-refractivity contribution in [2.45, 2.75) is 83.0 Å². The van der Waals surface area contributed by atoms with E-state index in [0.717, 1.165) is 47.6 Å². The molecule has 178 valence electrons. The molecule has 3 saturated carbocycles. The van der Waals surface area contributed by atoms with Crippen LogP contribution in [0.5, 0.6) is 0 Å². The summed E-state index contributed by atoms with van der Waals surface area (Å²) >= 11 is 0. The number of rotatable bonds is 5. The van der Waals surface area contributed by atoms with E-state index in [9.17, 15) is 13.2 Å². The van der Waals surface area contributed by atoms with Gasteiger partial charge in [-0.15, -0.1) is 6.58 Å². The van der Waals surface area contributed by atoms with Gasteiger partial charge in [-0.3, -0.25) is 0 Å². The van der Waals surface area contributed by atoms with Gasteiger partial charge in [0.1, 0.15) is 0 Å². The molecule has 0 radical (unpaired) electrons. The summed E-state index contributed by atoms with van der Waals surface area (Å²) in [6, 6.07) is 6.60. The van der Waals surface area contributed by atoms with Gasteiger partial charge >= 0.3 is 0 Å². The fourth-order valence-corrected chi connectivity index (χ4v) is 7.54. The minimum atomic E-state index is -1.38. The first-order valence-electron chi connectivity index (χ1n) is 13.2. The summed E-state index contributed by atoms with van der Waals surface area (Å²) in [7, 11) is 0. The van der Waals surface area contributed by atoms with E-state index in [0.29, 0.717) is 11.3 Å². The standard InChI is InChI=1S/C30H37F3/c1-2-3-4-19-5-7-20(8-6-19)21-9-10-23-16-24(12-11-22(23)15-21)25-13-14-27-26(17-25)18-28(31)30(33)29(27)32/h2,13-14,17-24H,1,3-12,15-16H2. The Labute approximate surface area is 196 Å². The van der Waals surface area contributed by atoms with E-state index < -0.39 is 17.5 Å². The smallest absolute Gasteiger partial charge is 0.195 e. The monoisotopic (exact) mass is 454 g/mol. The van der Waals surface area contributed by atoms with Gasteiger partial charge in [-0.2, -0.15) is 0 Å². The molecule has 0 aliphatic heterocycles. The summed E-state index contributed by atoms with van der Waals surface area (Å²) in [5.74, 6) is 1.30. The topological polar surface area (TPSA) is 0 Å². The normalized spacial score (nSPS) is 32.5. The summed E-state index contributed by atoms with van der Waals surface area (Å²) in [6.07, 6.45) is 18.0. The van der Waals surface area contributed by atoms with Crippen molar-refractivity contribution >= 4 is 10.8 Å². The van der Waals surface area contributed by atoms with Crippen molar-refractivity contribution < 1.29 is 13.2 Å². The van der Waals surface area contributed by atoms with E-state index in [2.05, 4.69) is 12.7 Å². The molecule has 5 rings (SSSR count). The molecule has 0 heterocycles. The Morgan fingerprint density at radius 1 is 0.758 bits per heavy atom. The molecule has 3 aliphatic carbocycles. The van der Waals surface area contributed by atoms with Crippen molar-refractivity contribution in [1.29, 1.82) is 0 Å². The van der Waals surface area contributed by atoms with Gasteiger partial charge in [0.05, 0.1) is 0 Å². The number of hydrogen-bond donors (Lipinski definition) is 0. The molecule has 3 fully saturated rings. The maximum atomic E-state index is 14.1. The molecule has 0 nitrogen and oxygen atoms in total. The van der Waals surface area contributed by atoms with E-state index in [1.807, 2.05) is 12.1 Å². The lowest BCUT2D eigenvalue weighted by Crippen LogP contribution is -2.34. The molecular formula is C30H37F3. The fraction of sp³-hybridized carbons (Fsp3) is 0.600. The van der Waals surface area contributed by atoms with E-state index >= 15 is 0 Å². The quantitative estimate of drug-likeness (QED) is 0.312. The average Bonchev–Trinajstić information content (AvgIpc) is 2.85. The third-order valence-corrected chi connectivity index (χ3v) is 9.46. The highest BCUT2D eigenvalue weighted by atomic mass is 19.2.